The summed E-state index contributed by atoms with van der Waals surface area (Å²) in [4.78, 5) is 22.8. The monoisotopic (exact) mass is 284 g/mol. The summed E-state index contributed by atoms with van der Waals surface area (Å²) in [6, 6.07) is 0.349. The highest BCUT2D eigenvalue weighted by Gasteiger charge is 2.38. The molecule has 4 unspecified atom stereocenters. The van der Waals surface area contributed by atoms with Crippen LogP contribution in [0.4, 0.5) is 0 Å². The molecule has 0 radical (unpaired) electrons. The molecule has 1 heterocycles. The first-order chi connectivity index (χ1) is 9.60. The highest BCUT2D eigenvalue weighted by molar-refractivity contribution is 5.82. The van der Waals surface area contributed by atoms with Crippen molar-refractivity contribution >= 4 is 11.9 Å². The van der Waals surface area contributed by atoms with Gasteiger partial charge in [0.25, 0.3) is 0 Å². The normalized spacial score (nSPS) is 30.6. The maximum absolute atomic E-state index is 12.1. The summed E-state index contributed by atoms with van der Waals surface area (Å²) >= 11 is 0. The van der Waals surface area contributed by atoms with Crippen LogP contribution >= 0.6 is 0 Å². The van der Waals surface area contributed by atoms with E-state index in [2.05, 4.69) is 10.6 Å². The van der Waals surface area contributed by atoms with Crippen LogP contribution in [0.1, 0.15) is 38.5 Å². The summed E-state index contributed by atoms with van der Waals surface area (Å²) in [6.07, 6.45) is 5.21. The van der Waals surface area contributed by atoms with Crippen LogP contribution in [-0.2, 0) is 14.3 Å². The molecule has 0 spiro atoms. The average Bonchev–Trinajstić information content (AvgIpc) is 2.86. The molecule has 0 aromatic rings. The van der Waals surface area contributed by atoms with Gasteiger partial charge in [-0.1, -0.05) is 12.8 Å². The van der Waals surface area contributed by atoms with Crippen molar-refractivity contribution in [3.05, 3.63) is 0 Å². The fourth-order valence-electron chi connectivity index (χ4n) is 3.29. The second kappa shape index (κ2) is 7.04. The number of methoxy groups -OCH3 is 1. The van der Waals surface area contributed by atoms with Crippen LogP contribution in [0.3, 0.4) is 0 Å². The van der Waals surface area contributed by atoms with E-state index < -0.39 is 12.1 Å². The van der Waals surface area contributed by atoms with E-state index >= 15 is 0 Å². The minimum Gasteiger partial charge on any atom is -0.481 e. The van der Waals surface area contributed by atoms with Gasteiger partial charge >= 0.3 is 5.97 Å². The molecule has 2 rings (SSSR count). The number of hydrogen-bond donors (Lipinski definition) is 3. The molecule has 2 fully saturated rings. The lowest BCUT2D eigenvalue weighted by Gasteiger charge is -2.24. The predicted octanol–water partition coefficient (Wildman–Crippen LogP) is 0.513. The number of ether oxygens (including phenoxy) is 1. The lowest BCUT2D eigenvalue weighted by Crippen LogP contribution is -2.45. The van der Waals surface area contributed by atoms with E-state index in [0.29, 0.717) is 12.0 Å². The number of carbonyl (C=O) groups excluding carboxylic acids is 1. The Balaban J connectivity index is 1.76. The van der Waals surface area contributed by atoms with Crippen molar-refractivity contribution in [2.45, 2.75) is 56.7 Å². The molecule has 2 aliphatic rings. The van der Waals surface area contributed by atoms with Crippen molar-refractivity contribution in [1.82, 2.24) is 10.6 Å². The van der Waals surface area contributed by atoms with Gasteiger partial charge in [0.15, 0.2) is 0 Å². The summed E-state index contributed by atoms with van der Waals surface area (Å²) in [6.45, 7) is 0.245. The molecule has 0 aromatic heterocycles. The highest BCUT2D eigenvalue weighted by atomic mass is 16.5. The van der Waals surface area contributed by atoms with Gasteiger partial charge in [-0.3, -0.25) is 9.59 Å². The summed E-state index contributed by atoms with van der Waals surface area (Å²) in [5, 5.41) is 14.9. The van der Waals surface area contributed by atoms with E-state index in [1.54, 1.807) is 0 Å². The van der Waals surface area contributed by atoms with Gasteiger partial charge in [-0.15, -0.1) is 0 Å². The SMILES string of the molecule is COC(CNC(=O)C1CC2CCCCC2N1)CC(=O)O. The molecule has 1 saturated heterocycles. The summed E-state index contributed by atoms with van der Waals surface area (Å²) in [7, 11) is 1.46. The van der Waals surface area contributed by atoms with Crippen molar-refractivity contribution < 1.29 is 19.4 Å². The second-order valence-corrected chi connectivity index (χ2v) is 5.81. The lowest BCUT2D eigenvalue weighted by atomic mass is 9.85. The van der Waals surface area contributed by atoms with Gasteiger partial charge in [-0.05, 0) is 25.2 Å². The zero-order chi connectivity index (χ0) is 14.5. The summed E-state index contributed by atoms with van der Waals surface area (Å²) < 4.78 is 5.05. The number of carboxylic acids is 1. The Morgan fingerprint density at radius 2 is 2.15 bits per heavy atom. The maximum Gasteiger partial charge on any atom is 0.306 e. The quantitative estimate of drug-likeness (QED) is 0.661. The third-order valence-electron chi connectivity index (χ3n) is 4.42. The fourth-order valence-corrected chi connectivity index (χ4v) is 3.29. The topological polar surface area (TPSA) is 87.7 Å². The van der Waals surface area contributed by atoms with Gasteiger partial charge in [0, 0.05) is 19.7 Å². The number of fused-ring (bicyclic) bond motifs is 1. The molecule has 4 atom stereocenters. The molecular formula is C14H24N2O4. The van der Waals surface area contributed by atoms with Gasteiger partial charge in [-0.25, -0.2) is 0 Å². The molecule has 6 heteroatoms. The van der Waals surface area contributed by atoms with Crippen molar-refractivity contribution in [3.8, 4) is 0 Å². The Morgan fingerprint density at radius 3 is 2.80 bits per heavy atom. The van der Waals surface area contributed by atoms with Crippen molar-refractivity contribution in [3.63, 3.8) is 0 Å². The van der Waals surface area contributed by atoms with Crippen molar-refractivity contribution in [1.29, 1.82) is 0 Å². The largest absolute Gasteiger partial charge is 0.481 e. The first-order valence-electron chi connectivity index (χ1n) is 7.38. The van der Waals surface area contributed by atoms with Crippen LogP contribution in [0.5, 0.6) is 0 Å². The third kappa shape index (κ3) is 3.93. The lowest BCUT2D eigenvalue weighted by molar-refractivity contribution is -0.140. The molecule has 6 nitrogen and oxygen atoms in total. The first kappa shape index (κ1) is 15.3. The van der Waals surface area contributed by atoms with Crippen LogP contribution in [0.15, 0.2) is 0 Å². The standard InChI is InChI=1S/C14H24N2O4/c1-20-10(7-13(17)18)8-15-14(19)12-6-9-4-2-3-5-11(9)16-12/h9-12,16H,2-8H2,1H3,(H,15,19)(H,17,18). The first-order valence-corrected chi connectivity index (χ1v) is 7.38. The summed E-state index contributed by atoms with van der Waals surface area (Å²) in [5.41, 5.74) is 0. The number of hydrogen-bond acceptors (Lipinski definition) is 4. The van der Waals surface area contributed by atoms with Gasteiger partial charge < -0.3 is 20.5 Å². The van der Waals surface area contributed by atoms with Crippen LogP contribution in [0.25, 0.3) is 0 Å². The number of carboxylic acid groups (broad SMARTS) is 1. The van der Waals surface area contributed by atoms with E-state index in [-0.39, 0.29) is 24.9 Å². The molecule has 1 amide bonds. The molecule has 1 saturated carbocycles. The van der Waals surface area contributed by atoms with Gasteiger partial charge in [-0.2, -0.15) is 0 Å². The van der Waals surface area contributed by atoms with Crippen LogP contribution in [0.2, 0.25) is 0 Å². The molecule has 3 N–H and O–H groups in total. The molecule has 114 valence electrons. The average molecular weight is 284 g/mol. The number of nitrogens with one attached hydrogen (secondary N) is 2. The van der Waals surface area contributed by atoms with Gasteiger partial charge in [0.1, 0.15) is 0 Å². The molecule has 0 bridgehead atoms. The third-order valence-corrected chi connectivity index (χ3v) is 4.42. The van der Waals surface area contributed by atoms with E-state index in [1.165, 1.54) is 26.4 Å². The maximum atomic E-state index is 12.1. The Bertz CT molecular complexity index is 347. The van der Waals surface area contributed by atoms with E-state index in [4.69, 9.17) is 9.84 Å². The second-order valence-electron chi connectivity index (χ2n) is 5.81. The Kier molecular flexibility index (Phi) is 5.37. The van der Waals surface area contributed by atoms with Crippen LogP contribution in [0, 0.1) is 5.92 Å². The number of rotatable bonds is 6. The molecule has 20 heavy (non-hydrogen) atoms. The number of carbonyl (C=O) groups is 2. The minimum atomic E-state index is -0.920. The van der Waals surface area contributed by atoms with E-state index in [0.717, 1.165) is 12.8 Å². The van der Waals surface area contributed by atoms with Crippen molar-refractivity contribution in [2.75, 3.05) is 13.7 Å². The molecule has 1 aliphatic heterocycles. The van der Waals surface area contributed by atoms with E-state index in [9.17, 15) is 9.59 Å². The summed E-state index contributed by atoms with van der Waals surface area (Å²) in [5.74, 6) is -0.334. The smallest absolute Gasteiger partial charge is 0.306 e. The van der Waals surface area contributed by atoms with Crippen LogP contribution in [-0.4, -0.2) is 48.8 Å². The van der Waals surface area contributed by atoms with Crippen molar-refractivity contribution in [2.24, 2.45) is 5.92 Å². The predicted molar refractivity (Wildman–Crippen MR) is 73.3 cm³/mol. The van der Waals surface area contributed by atoms with Crippen LogP contribution < -0.4 is 10.6 Å². The zero-order valence-electron chi connectivity index (χ0n) is 11.9. The zero-order valence-corrected chi connectivity index (χ0v) is 11.9. The molecular weight excluding hydrogens is 260 g/mol. The highest BCUT2D eigenvalue weighted by Crippen LogP contribution is 2.33. The fraction of sp³-hybridized carbons (Fsp3) is 0.857. The Labute approximate surface area is 119 Å². The Hall–Kier alpha value is -1.14. The molecule has 1 aliphatic carbocycles. The van der Waals surface area contributed by atoms with Gasteiger partial charge in [0.05, 0.1) is 18.6 Å². The molecule has 0 aromatic carbocycles. The number of amides is 1. The van der Waals surface area contributed by atoms with Gasteiger partial charge in [0.2, 0.25) is 5.91 Å². The minimum absolute atomic E-state index is 0.0353. The Morgan fingerprint density at radius 1 is 1.40 bits per heavy atom. The number of aliphatic carboxylic acids is 1. The van der Waals surface area contributed by atoms with E-state index in [1.807, 2.05) is 0 Å².